The van der Waals surface area contributed by atoms with Crippen molar-refractivity contribution in [2.45, 2.75) is 44.4 Å². The summed E-state index contributed by atoms with van der Waals surface area (Å²) in [5.74, 6) is 0.766. The maximum atomic E-state index is 12.8. The van der Waals surface area contributed by atoms with Crippen molar-refractivity contribution in [2.75, 3.05) is 38.1 Å². The van der Waals surface area contributed by atoms with Crippen molar-refractivity contribution in [1.82, 2.24) is 19.8 Å². The molecule has 29 heavy (non-hydrogen) atoms. The molecule has 2 aromatic rings. The van der Waals surface area contributed by atoms with E-state index in [1.54, 1.807) is 6.20 Å². The van der Waals surface area contributed by atoms with E-state index in [2.05, 4.69) is 27.1 Å². The number of anilines is 1. The number of carbonyl (C=O) groups is 1. The molecule has 0 unspecified atom stereocenters. The highest BCUT2D eigenvalue weighted by atomic mass is 16.3. The number of carbonyl (C=O) groups excluding carboxylic acids is 1. The second-order valence-corrected chi connectivity index (χ2v) is 8.29. The van der Waals surface area contributed by atoms with E-state index in [1.165, 1.54) is 0 Å². The quantitative estimate of drug-likeness (QED) is 0.823. The van der Waals surface area contributed by atoms with Gasteiger partial charge < -0.3 is 24.8 Å². The number of rotatable bonds is 4. The van der Waals surface area contributed by atoms with Gasteiger partial charge >= 0.3 is 0 Å². The van der Waals surface area contributed by atoms with E-state index in [1.807, 2.05) is 42.0 Å². The Kier molecular flexibility index (Phi) is 5.87. The molecule has 1 aliphatic heterocycles. The molecule has 1 amide bonds. The van der Waals surface area contributed by atoms with Crippen LogP contribution in [0.1, 0.15) is 41.5 Å². The van der Waals surface area contributed by atoms with Gasteiger partial charge in [-0.1, -0.05) is 0 Å². The summed E-state index contributed by atoms with van der Waals surface area (Å²) in [6.07, 6.45) is 5.69. The fourth-order valence-corrected chi connectivity index (χ4v) is 4.50. The van der Waals surface area contributed by atoms with E-state index in [0.717, 1.165) is 57.0 Å². The largest absolute Gasteiger partial charge is 0.389 e. The summed E-state index contributed by atoms with van der Waals surface area (Å²) in [6.45, 7) is 6.06. The van der Waals surface area contributed by atoms with Gasteiger partial charge in [0, 0.05) is 49.8 Å². The summed E-state index contributed by atoms with van der Waals surface area (Å²) in [4.78, 5) is 21.7. The molecule has 0 radical (unpaired) electrons. The third-order valence-electron chi connectivity index (χ3n) is 6.36. The molecular formula is C22H31N5O2. The number of piperazine rings is 1. The maximum absolute atomic E-state index is 12.8. The molecular weight excluding hydrogens is 366 g/mol. The summed E-state index contributed by atoms with van der Waals surface area (Å²) in [5.41, 5.74) is 1.79. The number of hydrogen-bond acceptors (Lipinski definition) is 5. The van der Waals surface area contributed by atoms with Crippen LogP contribution in [0.5, 0.6) is 0 Å². The number of nitrogens with one attached hydrogen (secondary N) is 1. The fraction of sp³-hybridized carbons (Fsp3) is 0.545. The van der Waals surface area contributed by atoms with E-state index in [0.29, 0.717) is 5.56 Å². The lowest BCUT2D eigenvalue weighted by Gasteiger charge is -2.36. The summed E-state index contributed by atoms with van der Waals surface area (Å²) >= 11 is 0. The number of nitrogens with zero attached hydrogens (tertiary/aromatic N) is 4. The average Bonchev–Trinajstić information content (AvgIpc) is 3.16. The first kappa shape index (κ1) is 19.9. The highest BCUT2D eigenvalue weighted by Crippen LogP contribution is 2.30. The molecule has 1 saturated heterocycles. The van der Waals surface area contributed by atoms with Crippen molar-refractivity contribution in [2.24, 2.45) is 0 Å². The lowest BCUT2D eigenvalue weighted by Crippen LogP contribution is -2.49. The molecule has 156 valence electrons. The van der Waals surface area contributed by atoms with Gasteiger partial charge in [0.25, 0.3) is 5.91 Å². The Bertz CT molecular complexity index is 826. The second-order valence-electron chi connectivity index (χ2n) is 8.29. The zero-order chi connectivity index (χ0) is 20.4. The first-order valence-electron chi connectivity index (χ1n) is 10.5. The van der Waals surface area contributed by atoms with Crippen LogP contribution >= 0.6 is 0 Å². The van der Waals surface area contributed by atoms with Gasteiger partial charge in [0.2, 0.25) is 0 Å². The summed E-state index contributed by atoms with van der Waals surface area (Å²) in [5, 5.41) is 13.9. The van der Waals surface area contributed by atoms with Gasteiger partial charge in [0.1, 0.15) is 5.82 Å². The SMILES string of the molecule is Cc1nccn1[C@@H]1CCC[C@@H](NC(=O)c2ccc(N3CCN(C)CC3)cc2)[C@H]1O. The smallest absolute Gasteiger partial charge is 0.251 e. The second kappa shape index (κ2) is 8.55. The van der Waals surface area contributed by atoms with Crippen molar-refractivity contribution >= 4 is 11.6 Å². The van der Waals surface area contributed by atoms with Crippen molar-refractivity contribution < 1.29 is 9.90 Å². The Hall–Kier alpha value is -2.38. The molecule has 1 saturated carbocycles. The molecule has 0 bridgehead atoms. The minimum Gasteiger partial charge on any atom is -0.389 e. The Morgan fingerprint density at radius 1 is 1.14 bits per heavy atom. The first-order chi connectivity index (χ1) is 14.0. The molecule has 1 aliphatic carbocycles. The summed E-state index contributed by atoms with van der Waals surface area (Å²) in [7, 11) is 2.14. The van der Waals surface area contributed by atoms with Crippen LogP contribution in [-0.2, 0) is 0 Å². The Labute approximate surface area is 172 Å². The standard InChI is InChI=1S/C22H31N5O2/c1-16-23-10-11-27(16)20-5-3-4-19(21(20)28)24-22(29)17-6-8-18(9-7-17)26-14-12-25(2)13-15-26/h6-11,19-21,28H,3-5,12-15H2,1-2H3,(H,24,29)/t19-,20-,21-/m1/s1. The molecule has 7 nitrogen and oxygen atoms in total. The van der Waals surface area contributed by atoms with Crippen molar-refractivity contribution in [1.29, 1.82) is 0 Å². The van der Waals surface area contributed by atoms with Gasteiger partial charge in [-0.3, -0.25) is 4.79 Å². The average molecular weight is 398 g/mol. The number of hydrogen-bond donors (Lipinski definition) is 2. The number of likely N-dealkylation sites (N-methyl/N-ethyl adjacent to an activating group) is 1. The molecule has 1 aromatic carbocycles. The van der Waals surface area contributed by atoms with Crippen LogP contribution in [0, 0.1) is 6.92 Å². The Morgan fingerprint density at radius 2 is 1.86 bits per heavy atom. The van der Waals surface area contributed by atoms with Gasteiger partial charge in [-0.15, -0.1) is 0 Å². The Balaban J connectivity index is 1.39. The number of aliphatic hydroxyl groups excluding tert-OH is 1. The summed E-state index contributed by atoms with van der Waals surface area (Å²) < 4.78 is 2.02. The zero-order valence-corrected chi connectivity index (χ0v) is 17.3. The van der Waals surface area contributed by atoms with E-state index in [4.69, 9.17) is 0 Å². The summed E-state index contributed by atoms with van der Waals surface area (Å²) in [6, 6.07) is 7.52. The molecule has 7 heteroatoms. The van der Waals surface area contributed by atoms with E-state index < -0.39 is 6.10 Å². The maximum Gasteiger partial charge on any atom is 0.251 e. The predicted molar refractivity (Wildman–Crippen MR) is 113 cm³/mol. The lowest BCUT2D eigenvalue weighted by molar-refractivity contribution is 0.0392. The molecule has 2 aliphatic rings. The van der Waals surface area contributed by atoms with Crippen molar-refractivity contribution in [3.63, 3.8) is 0 Å². The molecule has 1 aromatic heterocycles. The van der Waals surface area contributed by atoms with Crippen LogP contribution < -0.4 is 10.2 Å². The molecule has 3 atom stereocenters. The predicted octanol–water partition coefficient (Wildman–Crippen LogP) is 1.83. The van der Waals surface area contributed by atoms with Crippen LogP contribution in [0.3, 0.4) is 0 Å². The van der Waals surface area contributed by atoms with Gasteiger partial charge in [-0.25, -0.2) is 4.98 Å². The number of amides is 1. The van der Waals surface area contributed by atoms with E-state index in [9.17, 15) is 9.90 Å². The van der Waals surface area contributed by atoms with E-state index in [-0.39, 0.29) is 18.0 Å². The topological polar surface area (TPSA) is 73.6 Å². The lowest BCUT2D eigenvalue weighted by atomic mass is 9.87. The minimum absolute atomic E-state index is 0.0452. The third-order valence-corrected chi connectivity index (χ3v) is 6.36. The number of benzene rings is 1. The number of aliphatic hydroxyl groups is 1. The Morgan fingerprint density at radius 3 is 2.52 bits per heavy atom. The van der Waals surface area contributed by atoms with Crippen LogP contribution in [0.2, 0.25) is 0 Å². The molecule has 4 rings (SSSR count). The van der Waals surface area contributed by atoms with Crippen LogP contribution in [0.25, 0.3) is 0 Å². The number of aromatic nitrogens is 2. The zero-order valence-electron chi connectivity index (χ0n) is 17.3. The van der Waals surface area contributed by atoms with Crippen molar-refractivity contribution in [3.8, 4) is 0 Å². The number of imidazole rings is 1. The fourth-order valence-electron chi connectivity index (χ4n) is 4.50. The third kappa shape index (κ3) is 4.31. The minimum atomic E-state index is -0.620. The molecule has 2 N–H and O–H groups in total. The molecule has 2 fully saturated rings. The number of aryl methyl sites for hydroxylation is 1. The van der Waals surface area contributed by atoms with Crippen LogP contribution in [0.15, 0.2) is 36.7 Å². The van der Waals surface area contributed by atoms with Crippen LogP contribution in [-0.4, -0.2) is 70.8 Å². The van der Waals surface area contributed by atoms with Gasteiger partial charge in [-0.2, -0.15) is 0 Å². The molecule has 0 spiro atoms. The van der Waals surface area contributed by atoms with Crippen molar-refractivity contribution in [3.05, 3.63) is 48.0 Å². The van der Waals surface area contributed by atoms with E-state index >= 15 is 0 Å². The van der Waals surface area contributed by atoms with Gasteiger partial charge in [0.05, 0.1) is 18.2 Å². The van der Waals surface area contributed by atoms with Gasteiger partial charge in [-0.05, 0) is 57.5 Å². The highest BCUT2D eigenvalue weighted by Gasteiger charge is 2.34. The first-order valence-corrected chi connectivity index (χ1v) is 10.5. The van der Waals surface area contributed by atoms with Crippen LogP contribution in [0.4, 0.5) is 5.69 Å². The highest BCUT2D eigenvalue weighted by molar-refractivity contribution is 5.94. The molecule has 2 heterocycles. The van der Waals surface area contributed by atoms with Gasteiger partial charge in [0.15, 0.2) is 0 Å². The monoisotopic (exact) mass is 397 g/mol. The normalized spacial score (nSPS) is 25.8.